The number of aromatic nitrogens is 1. The normalized spacial score (nSPS) is 10.2. The van der Waals surface area contributed by atoms with Crippen LogP contribution in [0.5, 0.6) is 0 Å². The molecule has 0 spiro atoms. The minimum absolute atomic E-state index is 0. The number of alkyl halides is 1. The molecule has 0 aliphatic rings. The molecule has 1 aromatic heterocycles. The van der Waals surface area contributed by atoms with Gasteiger partial charge in [0.25, 0.3) is 0 Å². The molecule has 2 nitrogen and oxygen atoms in total. The lowest BCUT2D eigenvalue weighted by molar-refractivity contribution is 0.935. The molecule has 0 amide bonds. The third kappa shape index (κ3) is 2.26. The quantitative estimate of drug-likeness (QED) is 0.737. The number of fused-ring (bicyclic) bond motifs is 1. The second-order valence-corrected chi connectivity index (χ2v) is 4.57. The summed E-state index contributed by atoms with van der Waals surface area (Å²) in [6, 6.07) is 5.61. The first-order valence-corrected chi connectivity index (χ1v) is 5.80. The van der Waals surface area contributed by atoms with Crippen molar-refractivity contribution in [2.75, 3.05) is 0 Å². The minimum Gasteiger partial charge on any atom is -0.350 e. The Kier molecular flexibility index (Phi) is 4.42. The Morgan fingerprint density at radius 1 is 1.44 bits per heavy atom. The molecule has 0 saturated heterocycles. The Labute approximate surface area is 113 Å². The lowest BCUT2D eigenvalue weighted by Gasteiger charge is -2.07. The highest BCUT2D eigenvalue weighted by molar-refractivity contribution is 9.10. The summed E-state index contributed by atoms with van der Waals surface area (Å²) in [6.45, 7) is 0. The molecule has 2 rings (SSSR count). The van der Waals surface area contributed by atoms with E-state index in [4.69, 9.17) is 11.6 Å². The molecule has 0 aliphatic carbocycles. The Balaban J connectivity index is 0.00000128. The van der Waals surface area contributed by atoms with Crippen LogP contribution >= 0.6 is 39.9 Å². The molecule has 1 aromatic carbocycles. The second kappa shape index (κ2) is 5.21. The summed E-state index contributed by atoms with van der Waals surface area (Å²) in [5.41, 5.74) is 1.56. The molecule has 1 heterocycles. The van der Waals surface area contributed by atoms with E-state index in [0.29, 0.717) is 10.9 Å². The van der Waals surface area contributed by atoms with Gasteiger partial charge < -0.3 is 4.57 Å². The van der Waals surface area contributed by atoms with Gasteiger partial charge in [0.05, 0.1) is 11.4 Å². The van der Waals surface area contributed by atoms with E-state index in [2.05, 4.69) is 15.9 Å². The van der Waals surface area contributed by atoms with Crippen molar-refractivity contribution in [3.05, 3.63) is 44.7 Å². The zero-order chi connectivity index (χ0) is 11.0. The van der Waals surface area contributed by atoms with Gasteiger partial charge in [-0.1, -0.05) is 15.9 Å². The Morgan fingerprint density at radius 2 is 2.12 bits per heavy atom. The van der Waals surface area contributed by atoms with Crippen LogP contribution in [0.3, 0.4) is 0 Å². The van der Waals surface area contributed by atoms with Crippen LogP contribution < -0.4 is 5.43 Å². The topological polar surface area (TPSA) is 22.0 Å². The number of benzene rings is 1. The number of pyridine rings is 1. The maximum Gasteiger partial charge on any atom is 0.193 e. The first-order valence-electron chi connectivity index (χ1n) is 4.47. The van der Waals surface area contributed by atoms with Crippen LogP contribution in [0.2, 0.25) is 0 Å². The van der Waals surface area contributed by atoms with Crippen molar-refractivity contribution < 1.29 is 0 Å². The number of aryl methyl sites for hydroxylation is 1. The van der Waals surface area contributed by atoms with Crippen LogP contribution in [0.1, 0.15) is 5.56 Å². The first-order chi connectivity index (χ1) is 7.13. The SMILES string of the molecule is Cl.Cn1cc(CCl)c(=O)c2ccc(Br)cc21. The van der Waals surface area contributed by atoms with Gasteiger partial charge in [-0.05, 0) is 18.2 Å². The van der Waals surface area contributed by atoms with Crippen molar-refractivity contribution in [1.29, 1.82) is 0 Å². The van der Waals surface area contributed by atoms with Gasteiger partial charge in [-0.3, -0.25) is 4.79 Å². The molecule has 0 fully saturated rings. The van der Waals surface area contributed by atoms with Crippen LogP contribution in [-0.4, -0.2) is 4.57 Å². The van der Waals surface area contributed by atoms with Crippen molar-refractivity contribution in [2.45, 2.75) is 5.88 Å². The van der Waals surface area contributed by atoms with E-state index in [0.717, 1.165) is 9.99 Å². The van der Waals surface area contributed by atoms with Crippen LogP contribution in [0.15, 0.2) is 33.7 Å². The largest absolute Gasteiger partial charge is 0.350 e. The first kappa shape index (κ1) is 13.6. The molecule has 0 saturated carbocycles. The summed E-state index contributed by atoms with van der Waals surface area (Å²) in [5, 5.41) is 0.707. The molecule has 0 aliphatic heterocycles. The van der Waals surface area contributed by atoms with Crippen molar-refractivity contribution in [3.8, 4) is 0 Å². The van der Waals surface area contributed by atoms with E-state index < -0.39 is 0 Å². The van der Waals surface area contributed by atoms with Gasteiger partial charge >= 0.3 is 0 Å². The molecule has 2 aromatic rings. The van der Waals surface area contributed by atoms with Gasteiger partial charge in [0.15, 0.2) is 5.43 Å². The van der Waals surface area contributed by atoms with Crippen molar-refractivity contribution in [2.24, 2.45) is 7.05 Å². The minimum atomic E-state index is 0. The fraction of sp³-hybridized carbons (Fsp3) is 0.182. The number of halogens is 3. The number of hydrogen-bond acceptors (Lipinski definition) is 1. The summed E-state index contributed by atoms with van der Waals surface area (Å²) in [4.78, 5) is 11.9. The van der Waals surface area contributed by atoms with Crippen molar-refractivity contribution in [3.63, 3.8) is 0 Å². The van der Waals surface area contributed by atoms with Crippen LogP contribution in [0.4, 0.5) is 0 Å². The molecule has 5 heteroatoms. The summed E-state index contributed by atoms with van der Waals surface area (Å²) < 4.78 is 2.88. The molecule has 16 heavy (non-hydrogen) atoms. The smallest absolute Gasteiger partial charge is 0.193 e. The maximum absolute atomic E-state index is 11.9. The van der Waals surface area contributed by atoms with E-state index in [9.17, 15) is 4.79 Å². The lowest BCUT2D eigenvalue weighted by Crippen LogP contribution is -2.11. The van der Waals surface area contributed by atoms with Crippen molar-refractivity contribution in [1.82, 2.24) is 4.57 Å². The van der Waals surface area contributed by atoms with E-state index in [1.54, 1.807) is 6.20 Å². The third-order valence-corrected chi connectivity index (χ3v) is 3.15. The van der Waals surface area contributed by atoms with Gasteiger partial charge in [-0.15, -0.1) is 24.0 Å². The predicted molar refractivity (Wildman–Crippen MR) is 73.7 cm³/mol. The van der Waals surface area contributed by atoms with Gasteiger partial charge in [0, 0.05) is 28.7 Å². The van der Waals surface area contributed by atoms with Gasteiger partial charge in [0.2, 0.25) is 0 Å². The summed E-state index contributed by atoms with van der Waals surface area (Å²) in [6.07, 6.45) is 1.78. The average molecular weight is 323 g/mol. The Bertz CT molecular complexity index is 580. The van der Waals surface area contributed by atoms with Crippen LogP contribution in [0.25, 0.3) is 10.9 Å². The zero-order valence-corrected chi connectivity index (χ0v) is 11.7. The molecule has 86 valence electrons. The maximum atomic E-state index is 11.9. The van der Waals surface area contributed by atoms with Crippen LogP contribution in [0, 0.1) is 0 Å². The van der Waals surface area contributed by atoms with Crippen LogP contribution in [-0.2, 0) is 12.9 Å². The zero-order valence-electron chi connectivity index (χ0n) is 8.54. The van der Waals surface area contributed by atoms with Gasteiger partial charge in [-0.25, -0.2) is 0 Å². The monoisotopic (exact) mass is 321 g/mol. The van der Waals surface area contributed by atoms with E-state index in [1.807, 2.05) is 29.8 Å². The Morgan fingerprint density at radius 3 is 2.75 bits per heavy atom. The van der Waals surface area contributed by atoms with E-state index in [-0.39, 0.29) is 23.7 Å². The fourth-order valence-corrected chi connectivity index (χ4v) is 2.16. The lowest BCUT2D eigenvalue weighted by atomic mass is 10.1. The predicted octanol–water partition coefficient (Wildman–Crippen LogP) is 3.46. The standard InChI is InChI=1S/C11H9BrClNO.ClH/c1-14-6-7(5-13)11(15)9-3-2-8(12)4-10(9)14;/h2-4,6H,5H2,1H3;1H. The summed E-state index contributed by atoms with van der Waals surface area (Å²) >= 11 is 9.10. The number of rotatable bonds is 1. The van der Waals surface area contributed by atoms with Gasteiger partial charge in [-0.2, -0.15) is 0 Å². The highest BCUT2D eigenvalue weighted by Gasteiger charge is 2.06. The third-order valence-electron chi connectivity index (χ3n) is 2.37. The highest BCUT2D eigenvalue weighted by atomic mass is 79.9. The molecule has 0 N–H and O–H groups in total. The van der Waals surface area contributed by atoms with E-state index >= 15 is 0 Å². The Hall–Kier alpha value is -0.510. The molecular weight excluding hydrogens is 313 g/mol. The highest BCUT2D eigenvalue weighted by Crippen LogP contribution is 2.17. The summed E-state index contributed by atoms with van der Waals surface area (Å²) in [5.74, 6) is 0.249. The average Bonchev–Trinajstić information content (AvgIpc) is 2.23. The number of nitrogens with zero attached hydrogens (tertiary/aromatic N) is 1. The molecular formula is C11H10BrCl2NO. The van der Waals surface area contributed by atoms with Gasteiger partial charge in [0.1, 0.15) is 0 Å². The van der Waals surface area contributed by atoms with Crippen molar-refractivity contribution >= 4 is 50.8 Å². The molecule has 0 atom stereocenters. The summed E-state index contributed by atoms with van der Waals surface area (Å²) in [7, 11) is 1.91. The molecule has 0 unspecified atom stereocenters. The molecule has 0 bridgehead atoms. The number of hydrogen-bond donors (Lipinski definition) is 0. The molecule has 0 radical (unpaired) electrons. The fourth-order valence-electron chi connectivity index (χ4n) is 1.62. The second-order valence-electron chi connectivity index (χ2n) is 3.39. The van der Waals surface area contributed by atoms with E-state index in [1.165, 1.54) is 0 Å².